The molecule has 4 nitrogen and oxygen atoms in total. The number of benzene rings is 2. The van der Waals surface area contributed by atoms with E-state index in [1.165, 1.54) is 0 Å². The fourth-order valence-corrected chi connectivity index (χ4v) is 3.17. The van der Waals surface area contributed by atoms with Crippen LogP contribution >= 0.6 is 11.6 Å². The van der Waals surface area contributed by atoms with Gasteiger partial charge in [0.2, 0.25) is 0 Å². The van der Waals surface area contributed by atoms with Gasteiger partial charge in [-0.3, -0.25) is 0 Å². The summed E-state index contributed by atoms with van der Waals surface area (Å²) in [7, 11) is 1.66. The lowest BCUT2D eigenvalue weighted by atomic mass is 10.00. The van der Waals surface area contributed by atoms with Gasteiger partial charge in [-0.2, -0.15) is 0 Å². The van der Waals surface area contributed by atoms with Gasteiger partial charge in [-0.25, -0.2) is 0 Å². The topological polar surface area (TPSA) is 39.7 Å². The van der Waals surface area contributed by atoms with E-state index in [0.29, 0.717) is 18.2 Å². The Hall–Kier alpha value is -1.91. The summed E-state index contributed by atoms with van der Waals surface area (Å²) in [5.41, 5.74) is 2.26. The minimum Gasteiger partial charge on any atom is -0.493 e. The molecule has 0 radical (unpaired) electrons. The van der Waals surface area contributed by atoms with Gasteiger partial charge in [0.1, 0.15) is 5.75 Å². The van der Waals surface area contributed by atoms with Crippen LogP contribution in [0.3, 0.4) is 0 Å². The fraction of sp³-hybridized carbons (Fsp3) is 0.368. The highest BCUT2D eigenvalue weighted by atomic mass is 35.5. The molecule has 3 rings (SSSR count). The zero-order valence-electron chi connectivity index (χ0n) is 14.0. The third kappa shape index (κ3) is 3.60. The number of methoxy groups -OCH3 is 1. The van der Waals surface area contributed by atoms with E-state index in [2.05, 4.69) is 17.4 Å². The third-order valence-corrected chi connectivity index (χ3v) is 4.40. The molecule has 0 aliphatic carbocycles. The van der Waals surface area contributed by atoms with Crippen LogP contribution in [-0.4, -0.2) is 20.3 Å². The highest BCUT2D eigenvalue weighted by Crippen LogP contribution is 2.37. The number of ether oxygens (including phenoxy) is 3. The molecular formula is C19H22ClNO3. The van der Waals surface area contributed by atoms with Gasteiger partial charge >= 0.3 is 0 Å². The van der Waals surface area contributed by atoms with Crippen LogP contribution in [0.5, 0.6) is 17.2 Å². The molecule has 1 aliphatic rings. The number of para-hydroxylation sites is 1. The normalized spacial score (nSPS) is 16.2. The van der Waals surface area contributed by atoms with Crippen molar-refractivity contribution in [2.24, 2.45) is 0 Å². The van der Waals surface area contributed by atoms with Crippen LogP contribution in [0.2, 0.25) is 5.02 Å². The summed E-state index contributed by atoms with van der Waals surface area (Å²) >= 11 is 6.23. The summed E-state index contributed by atoms with van der Waals surface area (Å²) in [6.45, 7) is 3.98. The number of halogens is 1. The Balaban J connectivity index is 1.72. The van der Waals surface area contributed by atoms with Gasteiger partial charge in [0.05, 0.1) is 25.3 Å². The predicted molar refractivity (Wildman–Crippen MR) is 95.3 cm³/mol. The SMILES string of the molecule is CCOc1ccc(CNC2CCOc3c(Cl)cccc32)cc1OC. The van der Waals surface area contributed by atoms with Crippen LogP contribution in [0.1, 0.15) is 30.5 Å². The average molecular weight is 348 g/mol. The third-order valence-electron chi connectivity index (χ3n) is 4.11. The van der Waals surface area contributed by atoms with Crippen molar-refractivity contribution in [3.8, 4) is 17.2 Å². The van der Waals surface area contributed by atoms with Crippen molar-refractivity contribution in [3.63, 3.8) is 0 Å². The van der Waals surface area contributed by atoms with E-state index >= 15 is 0 Å². The largest absolute Gasteiger partial charge is 0.493 e. The summed E-state index contributed by atoms with van der Waals surface area (Å²) in [6.07, 6.45) is 0.918. The van der Waals surface area contributed by atoms with Crippen LogP contribution in [0, 0.1) is 0 Å². The molecule has 2 aromatic rings. The van der Waals surface area contributed by atoms with Crippen LogP contribution in [0.15, 0.2) is 36.4 Å². The fourth-order valence-electron chi connectivity index (χ4n) is 2.94. The maximum atomic E-state index is 6.23. The smallest absolute Gasteiger partial charge is 0.161 e. The molecule has 0 aromatic heterocycles. The van der Waals surface area contributed by atoms with Crippen LogP contribution < -0.4 is 19.5 Å². The molecule has 1 heterocycles. The second-order valence-electron chi connectivity index (χ2n) is 5.65. The van der Waals surface area contributed by atoms with Gasteiger partial charge in [0.25, 0.3) is 0 Å². The first kappa shape index (κ1) is 16.9. The standard InChI is InChI=1S/C19H22ClNO3/c1-3-23-17-8-7-13(11-18(17)22-2)12-21-16-9-10-24-19-14(16)5-4-6-15(19)20/h4-8,11,16,21H,3,9-10,12H2,1-2H3. The Morgan fingerprint density at radius 1 is 1.25 bits per heavy atom. The lowest BCUT2D eigenvalue weighted by Crippen LogP contribution is -2.26. The number of fused-ring (bicyclic) bond motifs is 1. The molecule has 0 saturated heterocycles. The monoisotopic (exact) mass is 347 g/mol. The van der Waals surface area contributed by atoms with E-state index in [1.807, 2.05) is 31.2 Å². The van der Waals surface area contributed by atoms with Crippen LogP contribution in [0.4, 0.5) is 0 Å². The molecule has 24 heavy (non-hydrogen) atoms. The van der Waals surface area contributed by atoms with Crippen molar-refractivity contribution in [2.75, 3.05) is 20.3 Å². The number of nitrogens with one attached hydrogen (secondary N) is 1. The first-order chi connectivity index (χ1) is 11.7. The van der Waals surface area contributed by atoms with Crippen molar-refractivity contribution in [1.29, 1.82) is 0 Å². The molecule has 0 bridgehead atoms. The molecule has 0 saturated carbocycles. The molecule has 0 amide bonds. The number of hydrogen-bond acceptors (Lipinski definition) is 4. The molecule has 128 valence electrons. The lowest BCUT2D eigenvalue weighted by Gasteiger charge is -2.27. The first-order valence-corrected chi connectivity index (χ1v) is 8.55. The summed E-state index contributed by atoms with van der Waals surface area (Å²) in [5.74, 6) is 2.32. The van der Waals surface area contributed by atoms with Gasteiger partial charge < -0.3 is 19.5 Å². The Labute approximate surface area is 147 Å². The molecule has 1 atom stereocenters. The molecular weight excluding hydrogens is 326 g/mol. The highest BCUT2D eigenvalue weighted by Gasteiger charge is 2.22. The predicted octanol–water partition coefficient (Wildman–Crippen LogP) is 4.36. The minimum absolute atomic E-state index is 0.227. The van der Waals surface area contributed by atoms with Gasteiger partial charge in [-0.05, 0) is 30.7 Å². The van der Waals surface area contributed by atoms with Gasteiger partial charge in [-0.15, -0.1) is 0 Å². The van der Waals surface area contributed by atoms with Gasteiger partial charge in [-0.1, -0.05) is 29.8 Å². The lowest BCUT2D eigenvalue weighted by molar-refractivity contribution is 0.252. The molecule has 0 spiro atoms. The second-order valence-corrected chi connectivity index (χ2v) is 6.05. The van der Waals surface area contributed by atoms with E-state index in [1.54, 1.807) is 7.11 Å². The first-order valence-electron chi connectivity index (χ1n) is 8.17. The van der Waals surface area contributed by atoms with Crippen molar-refractivity contribution in [3.05, 3.63) is 52.5 Å². The molecule has 1 N–H and O–H groups in total. The van der Waals surface area contributed by atoms with E-state index < -0.39 is 0 Å². The van der Waals surface area contributed by atoms with Crippen molar-refractivity contribution >= 4 is 11.6 Å². The quantitative estimate of drug-likeness (QED) is 0.842. The summed E-state index contributed by atoms with van der Waals surface area (Å²) in [6, 6.07) is 12.1. The minimum atomic E-state index is 0.227. The van der Waals surface area contributed by atoms with E-state index in [0.717, 1.165) is 41.3 Å². The Morgan fingerprint density at radius 2 is 2.12 bits per heavy atom. The van der Waals surface area contributed by atoms with E-state index in [9.17, 15) is 0 Å². The van der Waals surface area contributed by atoms with Gasteiger partial charge in [0.15, 0.2) is 11.5 Å². The maximum Gasteiger partial charge on any atom is 0.161 e. The number of rotatable bonds is 6. The van der Waals surface area contributed by atoms with Crippen molar-refractivity contribution in [2.45, 2.75) is 25.9 Å². The maximum absolute atomic E-state index is 6.23. The molecule has 2 aromatic carbocycles. The molecule has 1 unspecified atom stereocenters. The molecule has 5 heteroatoms. The summed E-state index contributed by atoms with van der Waals surface area (Å²) in [5, 5.41) is 4.26. The number of hydrogen-bond donors (Lipinski definition) is 1. The highest BCUT2D eigenvalue weighted by molar-refractivity contribution is 6.32. The van der Waals surface area contributed by atoms with E-state index in [4.69, 9.17) is 25.8 Å². The molecule has 1 aliphatic heterocycles. The zero-order valence-corrected chi connectivity index (χ0v) is 14.7. The van der Waals surface area contributed by atoms with Crippen molar-refractivity contribution < 1.29 is 14.2 Å². The summed E-state index contributed by atoms with van der Waals surface area (Å²) < 4.78 is 16.7. The molecule has 0 fully saturated rings. The zero-order chi connectivity index (χ0) is 16.9. The average Bonchev–Trinajstić information content (AvgIpc) is 2.61. The Bertz CT molecular complexity index is 705. The second kappa shape index (κ2) is 7.77. The van der Waals surface area contributed by atoms with Crippen LogP contribution in [0.25, 0.3) is 0 Å². The summed E-state index contributed by atoms with van der Waals surface area (Å²) in [4.78, 5) is 0. The van der Waals surface area contributed by atoms with E-state index in [-0.39, 0.29) is 6.04 Å². The Morgan fingerprint density at radius 3 is 2.92 bits per heavy atom. The van der Waals surface area contributed by atoms with Crippen molar-refractivity contribution in [1.82, 2.24) is 5.32 Å². The van der Waals surface area contributed by atoms with Crippen LogP contribution in [-0.2, 0) is 6.54 Å². The Kier molecular flexibility index (Phi) is 5.48. The van der Waals surface area contributed by atoms with Gasteiger partial charge in [0, 0.05) is 24.6 Å².